The van der Waals surface area contributed by atoms with Crippen LogP contribution in [0.4, 0.5) is 0 Å². The highest BCUT2D eigenvalue weighted by atomic mass is 79.9. The summed E-state index contributed by atoms with van der Waals surface area (Å²) >= 11 is 3.37. The number of aromatic nitrogens is 2. The van der Waals surface area contributed by atoms with Gasteiger partial charge < -0.3 is 0 Å². The van der Waals surface area contributed by atoms with Crippen LogP contribution in [-0.2, 0) is 0 Å². The van der Waals surface area contributed by atoms with E-state index in [2.05, 4.69) is 26.0 Å². The van der Waals surface area contributed by atoms with E-state index in [1.165, 1.54) is 0 Å². The summed E-state index contributed by atoms with van der Waals surface area (Å²) in [6.45, 7) is 3.78. The van der Waals surface area contributed by atoms with Crippen LogP contribution in [0.1, 0.15) is 17.0 Å². The fourth-order valence-corrected chi connectivity index (χ4v) is 2.14. The van der Waals surface area contributed by atoms with Gasteiger partial charge in [0.1, 0.15) is 12.1 Å². The number of nitrogens with zero attached hydrogens (tertiary/aromatic N) is 3. The van der Waals surface area contributed by atoms with Gasteiger partial charge in [-0.1, -0.05) is 28.1 Å². The number of rotatable bonds is 3. The van der Waals surface area contributed by atoms with Crippen LogP contribution in [0.5, 0.6) is 0 Å². The molecule has 6 heteroatoms. The van der Waals surface area contributed by atoms with Crippen molar-refractivity contribution in [1.29, 1.82) is 10.8 Å². The highest BCUT2D eigenvalue weighted by molar-refractivity contribution is 9.10. The van der Waals surface area contributed by atoms with Crippen molar-refractivity contribution in [2.45, 2.75) is 13.8 Å². The number of halogens is 1. The topological polar surface area (TPSA) is 77.9 Å². The van der Waals surface area contributed by atoms with E-state index in [1.807, 2.05) is 44.2 Å². The second-order valence-corrected chi connectivity index (χ2v) is 5.22. The van der Waals surface area contributed by atoms with Crippen LogP contribution in [0.25, 0.3) is 0 Å². The molecule has 2 rings (SSSR count). The van der Waals surface area contributed by atoms with Crippen LogP contribution in [0.2, 0.25) is 0 Å². The standard InChI is InChI=1S/C14H14BrN5/c1-9-7-10(2)20(19-9)14(18-8-16)13(17)11-3-5-12(15)6-4-11/h3-8,16-17H,1-2H3/b16-8?,17-13?,18-14+. The molecule has 0 saturated carbocycles. The maximum Gasteiger partial charge on any atom is 0.180 e. The third-order valence-corrected chi connectivity index (χ3v) is 3.28. The Morgan fingerprint density at radius 2 is 1.95 bits per heavy atom. The average molecular weight is 332 g/mol. The van der Waals surface area contributed by atoms with Crippen molar-refractivity contribution in [2.75, 3.05) is 0 Å². The Morgan fingerprint density at radius 1 is 1.30 bits per heavy atom. The first-order valence-electron chi connectivity index (χ1n) is 5.98. The number of aryl methyl sites for hydroxylation is 2. The lowest BCUT2D eigenvalue weighted by atomic mass is 10.1. The molecule has 2 N–H and O–H groups in total. The minimum Gasteiger partial charge on any atom is -0.296 e. The molecule has 0 spiro atoms. The molecule has 0 fully saturated rings. The summed E-state index contributed by atoms with van der Waals surface area (Å²) in [5.41, 5.74) is 2.68. The number of benzene rings is 1. The van der Waals surface area contributed by atoms with Gasteiger partial charge in [0.25, 0.3) is 0 Å². The lowest BCUT2D eigenvalue weighted by Gasteiger charge is -2.09. The lowest BCUT2D eigenvalue weighted by Crippen LogP contribution is -2.25. The highest BCUT2D eigenvalue weighted by Gasteiger charge is 2.15. The molecule has 5 nitrogen and oxygen atoms in total. The highest BCUT2D eigenvalue weighted by Crippen LogP contribution is 2.12. The number of hydrogen-bond donors (Lipinski definition) is 2. The minimum absolute atomic E-state index is 0.229. The van der Waals surface area contributed by atoms with Gasteiger partial charge in [-0.25, -0.2) is 9.67 Å². The molecule has 0 unspecified atom stereocenters. The number of nitrogens with one attached hydrogen (secondary N) is 2. The van der Waals surface area contributed by atoms with Crippen molar-refractivity contribution in [2.24, 2.45) is 4.99 Å². The van der Waals surface area contributed by atoms with Gasteiger partial charge in [0.05, 0.1) is 5.69 Å². The molecule has 0 bridgehead atoms. The van der Waals surface area contributed by atoms with Crippen molar-refractivity contribution in [1.82, 2.24) is 9.78 Å². The molecule has 2 aromatic rings. The van der Waals surface area contributed by atoms with E-state index in [1.54, 1.807) is 4.68 Å². The Balaban J connectivity index is 2.47. The predicted molar refractivity (Wildman–Crippen MR) is 84.3 cm³/mol. The van der Waals surface area contributed by atoms with Gasteiger partial charge in [0, 0.05) is 15.7 Å². The molecule has 102 valence electrons. The monoisotopic (exact) mass is 331 g/mol. The first-order chi connectivity index (χ1) is 9.52. The molecule has 0 radical (unpaired) electrons. The van der Waals surface area contributed by atoms with Crippen LogP contribution in [0, 0.1) is 24.7 Å². The molecule has 1 aromatic heterocycles. The van der Waals surface area contributed by atoms with E-state index in [4.69, 9.17) is 10.8 Å². The fraction of sp³-hybridized carbons (Fsp3) is 0.143. The van der Waals surface area contributed by atoms with Gasteiger partial charge in [-0.15, -0.1) is 0 Å². The van der Waals surface area contributed by atoms with E-state index in [9.17, 15) is 0 Å². The third-order valence-electron chi connectivity index (χ3n) is 2.75. The number of hydrogen-bond acceptors (Lipinski definition) is 3. The van der Waals surface area contributed by atoms with Crippen molar-refractivity contribution in [3.63, 3.8) is 0 Å². The lowest BCUT2D eigenvalue weighted by molar-refractivity contribution is 0.889. The Kier molecular flexibility index (Phi) is 4.24. The molecule has 0 aliphatic heterocycles. The average Bonchev–Trinajstić information content (AvgIpc) is 2.75. The Bertz CT molecular complexity index is 682. The zero-order valence-corrected chi connectivity index (χ0v) is 12.8. The summed E-state index contributed by atoms with van der Waals surface area (Å²) < 4.78 is 2.54. The van der Waals surface area contributed by atoms with Crippen molar-refractivity contribution in [3.8, 4) is 0 Å². The maximum atomic E-state index is 8.29. The van der Waals surface area contributed by atoms with Crippen LogP contribution in [0.15, 0.2) is 39.8 Å². The molecule has 0 aliphatic carbocycles. The van der Waals surface area contributed by atoms with E-state index in [0.29, 0.717) is 5.84 Å². The molecule has 1 heterocycles. The van der Waals surface area contributed by atoms with Crippen molar-refractivity contribution >= 4 is 33.8 Å². The Labute approximate surface area is 125 Å². The van der Waals surface area contributed by atoms with E-state index >= 15 is 0 Å². The zero-order chi connectivity index (χ0) is 14.7. The van der Waals surface area contributed by atoms with Crippen LogP contribution >= 0.6 is 15.9 Å². The fourth-order valence-electron chi connectivity index (χ4n) is 1.88. The summed E-state index contributed by atoms with van der Waals surface area (Å²) in [5, 5.41) is 19.8. The first kappa shape index (κ1) is 14.3. The maximum absolute atomic E-state index is 8.29. The summed E-state index contributed by atoms with van der Waals surface area (Å²) in [5.74, 6) is 0.341. The molecule has 0 atom stereocenters. The van der Waals surface area contributed by atoms with Gasteiger partial charge in [0.15, 0.2) is 5.84 Å². The zero-order valence-electron chi connectivity index (χ0n) is 11.2. The van der Waals surface area contributed by atoms with Crippen LogP contribution in [-0.4, -0.2) is 27.7 Å². The number of aliphatic imine (C=N–C) groups is 1. The predicted octanol–water partition coefficient (Wildman–Crippen LogP) is 3.18. The second-order valence-electron chi connectivity index (χ2n) is 4.30. The molecule has 0 aliphatic rings. The molecular formula is C14H14BrN5. The van der Waals surface area contributed by atoms with Gasteiger partial charge >= 0.3 is 0 Å². The molecule has 0 saturated heterocycles. The van der Waals surface area contributed by atoms with Crippen molar-refractivity contribution in [3.05, 3.63) is 51.8 Å². The van der Waals surface area contributed by atoms with Gasteiger partial charge in [-0.3, -0.25) is 10.8 Å². The van der Waals surface area contributed by atoms with E-state index < -0.39 is 0 Å². The van der Waals surface area contributed by atoms with E-state index in [-0.39, 0.29) is 5.71 Å². The van der Waals surface area contributed by atoms with Gasteiger partial charge in [-0.05, 0) is 32.0 Å². The Hall–Kier alpha value is -2.08. The van der Waals surface area contributed by atoms with Gasteiger partial charge in [0.2, 0.25) is 0 Å². The quantitative estimate of drug-likeness (QED) is 0.657. The first-order valence-corrected chi connectivity index (χ1v) is 6.77. The van der Waals surface area contributed by atoms with Crippen LogP contribution in [0.3, 0.4) is 0 Å². The Morgan fingerprint density at radius 3 is 2.45 bits per heavy atom. The molecule has 0 amide bonds. The molecule has 1 aromatic carbocycles. The smallest absolute Gasteiger partial charge is 0.180 e. The summed E-state index contributed by atoms with van der Waals surface area (Å²) in [4.78, 5) is 3.99. The largest absolute Gasteiger partial charge is 0.296 e. The van der Waals surface area contributed by atoms with Crippen molar-refractivity contribution < 1.29 is 0 Å². The van der Waals surface area contributed by atoms with E-state index in [0.717, 1.165) is 27.8 Å². The minimum atomic E-state index is 0.229. The summed E-state index contributed by atoms with van der Waals surface area (Å²) in [7, 11) is 0. The van der Waals surface area contributed by atoms with Crippen LogP contribution < -0.4 is 0 Å². The van der Waals surface area contributed by atoms with Gasteiger partial charge in [-0.2, -0.15) is 5.10 Å². The molecular weight excluding hydrogens is 318 g/mol. The summed E-state index contributed by atoms with van der Waals surface area (Å²) in [6.07, 6.45) is 0.930. The normalized spacial score (nSPS) is 11.4. The SMILES string of the molecule is Cc1cc(C)n(/C(=N/C=N)C(=N)c2ccc(Br)cc2)n1. The third kappa shape index (κ3) is 2.91. The summed E-state index contributed by atoms with van der Waals surface area (Å²) in [6, 6.07) is 9.31. The second kappa shape index (κ2) is 5.92. The molecule has 20 heavy (non-hydrogen) atoms.